The van der Waals surface area contributed by atoms with E-state index in [1.165, 1.54) is 0 Å². The van der Waals surface area contributed by atoms with Crippen molar-refractivity contribution in [2.75, 3.05) is 19.5 Å². The van der Waals surface area contributed by atoms with Crippen LogP contribution < -0.4 is 14.8 Å². The van der Waals surface area contributed by atoms with Crippen LogP contribution in [0.3, 0.4) is 0 Å². The Bertz CT molecular complexity index is 929. The average Bonchev–Trinajstić information content (AvgIpc) is 2.71. The molecule has 3 rings (SSSR count). The molecule has 0 spiro atoms. The molecule has 2 heterocycles. The summed E-state index contributed by atoms with van der Waals surface area (Å²) in [7, 11) is 3.30. The van der Waals surface area contributed by atoms with Gasteiger partial charge in [0.1, 0.15) is 23.0 Å². The number of anilines is 1. The van der Waals surface area contributed by atoms with Crippen molar-refractivity contribution in [2.45, 2.75) is 26.8 Å². The van der Waals surface area contributed by atoms with E-state index in [9.17, 15) is 0 Å². The van der Waals surface area contributed by atoms with Gasteiger partial charge in [0.2, 0.25) is 0 Å². The van der Waals surface area contributed by atoms with Crippen LogP contribution in [-0.4, -0.2) is 29.2 Å². The second kappa shape index (κ2) is 8.03. The van der Waals surface area contributed by atoms with E-state index in [1.54, 1.807) is 20.4 Å². The Morgan fingerprint density at radius 3 is 2.48 bits per heavy atom. The van der Waals surface area contributed by atoms with E-state index >= 15 is 0 Å². The largest absolute Gasteiger partial charge is 0.497 e. The molecule has 1 N–H and O–H groups in total. The number of benzene rings is 1. The van der Waals surface area contributed by atoms with Gasteiger partial charge in [-0.1, -0.05) is 6.07 Å². The quantitative estimate of drug-likeness (QED) is 0.701. The van der Waals surface area contributed by atoms with Crippen LogP contribution >= 0.6 is 0 Å². The monoisotopic (exact) mass is 364 g/mol. The van der Waals surface area contributed by atoms with E-state index in [2.05, 4.69) is 22.2 Å². The molecule has 2 aromatic heterocycles. The molecule has 3 aromatic rings. The number of pyridine rings is 1. The molecule has 0 amide bonds. The summed E-state index contributed by atoms with van der Waals surface area (Å²) in [6, 6.07) is 11.5. The zero-order valence-electron chi connectivity index (χ0n) is 16.3. The van der Waals surface area contributed by atoms with Crippen molar-refractivity contribution in [3.8, 4) is 23.0 Å². The second-order valence-corrected chi connectivity index (χ2v) is 6.30. The lowest BCUT2D eigenvalue weighted by atomic mass is 10.1. The minimum Gasteiger partial charge on any atom is -0.497 e. The fraction of sp³-hybridized carbons (Fsp3) is 0.286. The zero-order valence-corrected chi connectivity index (χ0v) is 16.3. The van der Waals surface area contributed by atoms with Gasteiger partial charge in [-0.25, -0.2) is 9.97 Å². The van der Waals surface area contributed by atoms with Crippen molar-refractivity contribution in [3.63, 3.8) is 0 Å². The third-order valence-electron chi connectivity index (χ3n) is 4.54. The number of ether oxygens (including phenoxy) is 2. The maximum absolute atomic E-state index is 5.53. The summed E-state index contributed by atoms with van der Waals surface area (Å²) in [6.07, 6.45) is 1.74. The first-order valence-corrected chi connectivity index (χ1v) is 8.78. The van der Waals surface area contributed by atoms with Gasteiger partial charge in [0, 0.05) is 29.1 Å². The van der Waals surface area contributed by atoms with Crippen LogP contribution in [0.2, 0.25) is 0 Å². The highest BCUT2D eigenvalue weighted by Crippen LogP contribution is 2.32. The molecule has 0 aliphatic heterocycles. The van der Waals surface area contributed by atoms with Crippen molar-refractivity contribution >= 4 is 5.82 Å². The minimum atomic E-state index is -0.0181. The molecule has 0 bridgehead atoms. The lowest BCUT2D eigenvalue weighted by Crippen LogP contribution is -2.12. The van der Waals surface area contributed by atoms with Crippen molar-refractivity contribution in [1.82, 2.24) is 15.0 Å². The van der Waals surface area contributed by atoms with Gasteiger partial charge in [0.05, 0.1) is 20.3 Å². The van der Waals surface area contributed by atoms with Crippen LogP contribution in [0.25, 0.3) is 11.5 Å². The van der Waals surface area contributed by atoms with Crippen molar-refractivity contribution in [2.24, 2.45) is 0 Å². The van der Waals surface area contributed by atoms with Gasteiger partial charge in [-0.3, -0.25) is 4.98 Å². The maximum atomic E-state index is 5.53. The number of nitrogens with one attached hydrogen (secondary N) is 1. The summed E-state index contributed by atoms with van der Waals surface area (Å²) < 4.78 is 10.8. The molecule has 0 fully saturated rings. The summed E-state index contributed by atoms with van der Waals surface area (Å²) in [5, 5.41) is 3.49. The number of aryl methyl sites for hydroxylation is 1. The zero-order chi connectivity index (χ0) is 19.4. The molecule has 0 saturated heterocycles. The summed E-state index contributed by atoms with van der Waals surface area (Å²) in [4.78, 5) is 13.7. The predicted molar refractivity (Wildman–Crippen MR) is 106 cm³/mol. The fourth-order valence-corrected chi connectivity index (χ4v) is 2.84. The number of methoxy groups -OCH3 is 2. The Morgan fingerprint density at radius 1 is 1.00 bits per heavy atom. The summed E-state index contributed by atoms with van der Waals surface area (Å²) in [5.74, 6) is 2.92. The highest BCUT2D eigenvalue weighted by atomic mass is 16.5. The smallest absolute Gasteiger partial charge is 0.180 e. The number of aromatic nitrogens is 3. The van der Waals surface area contributed by atoms with Crippen molar-refractivity contribution < 1.29 is 9.47 Å². The third-order valence-corrected chi connectivity index (χ3v) is 4.54. The van der Waals surface area contributed by atoms with Gasteiger partial charge >= 0.3 is 0 Å². The number of nitrogens with zero attached hydrogens (tertiary/aromatic N) is 3. The Kier molecular flexibility index (Phi) is 5.54. The molecule has 6 nitrogen and oxygen atoms in total. The van der Waals surface area contributed by atoms with Gasteiger partial charge in [0.15, 0.2) is 5.82 Å². The molecule has 0 saturated carbocycles. The summed E-state index contributed by atoms with van der Waals surface area (Å²) in [6.45, 7) is 6.06. The van der Waals surface area contributed by atoms with Crippen molar-refractivity contribution in [3.05, 3.63) is 59.4 Å². The lowest BCUT2D eigenvalue weighted by molar-refractivity contribution is 0.390. The molecule has 1 atom stereocenters. The van der Waals surface area contributed by atoms with Crippen LogP contribution in [0.1, 0.15) is 29.8 Å². The van der Waals surface area contributed by atoms with E-state index < -0.39 is 0 Å². The maximum Gasteiger partial charge on any atom is 0.180 e. The van der Waals surface area contributed by atoms with Gasteiger partial charge in [-0.15, -0.1) is 0 Å². The Balaban J connectivity index is 1.94. The van der Waals surface area contributed by atoms with Crippen molar-refractivity contribution in [1.29, 1.82) is 0 Å². The van der Waals surface area contributed by atoms with E-state index in [4.69, 9.17) is 14.5 Å². The predicted octanol–water partition coefficient (Wildman–Crippen LogP) is 4.35. The van der Waals surface area contributed by atoms with Crippen LogP contribution in [0, 0.1) is 13.8 Å². The van der Waals surface area contributed by atoms with Gasteiger partial charge in [-0.2, -0.15) is 0 Å². The van der Waals surface area contributed by atoms with Gasteiger partial charge in [-0.05, 0) is 45.0 Å². The van der Waals surface area contributed by atoms with E-state index in [1.807, 2.05) is 50.2 Å². The summed E-state index contributed by atoms with van der Waals surface area (Å²) in [5.41, 5.74) is 3.70. The Labute approximate surface area is 159 Å². The molecular weight excluding hydrogens is 340 g/mol. The first kappa shape index (κ1) is 18.6. The number of hydrogen-bond donors (Lipinski definition) is 1. The minimum absolute atomic E-state index is 0.0181. The van der Waals surface area contributed by atoms with E-state index in [-0.39, 0.29) is 6.04 Å². The van der Waals surface area contributed by atoms with Crippen LogP contribution in [0.4, 0.5) is 5.82 Å². The highest BCUT2D eigenvalue weighted by Gasteiger charge is 2.16. The topological polar surface area (TPSA) is 69.2 Å². The molecule has 0 radical (unpaired) electrons. The number of hydrogen-bond acceptors (Lipinski definition) is 6. The molecule has 0 aliphatic rings. The van der Waals surface area contributed by atoms with Gasteiger partial charge < -0.3 is 14.8 Å². The third kappa shape index (κ3) is 4.00. The van der Waals surface area contributed by atoms with E-state index in [0.29, 0.717) is 5.82 Å². The standard InChI is InChI=1S/C21H24N4O2/c1-13-14(2)23-21(18-8-6-7-11-22-18)25-20(13)24-15(3)17-10-9-16(26-4)12-19(17)27-5/h6-12,15H,1-5H3,(H,23,24,25). The normalized spacial score (nSPS) is 11.7. The first-order chi connectivity index (χ1) is 13.0. The second-order valence-electron chi connectivity index (χ2n) is 6.30. The molecule has 1 aromatic carbocycles. The average molecular weight is 364 g/mol. The van der Waals surface area contributed by atoms with Crippen LogP contribution in [-0.2, 0) is 0 Å². The molecular formula is C21H24N4O2. The summed E-state index contributed by atoms with van der Waals surface area (Å²) >= 11 is 0. The fourth-order valence-electron chi connectivity index (χ4n) is 2.84. The molecule has 140 valence electrons. The van der Waals surface area contributed by atoms with E-state index in [0.717, 1.165) is 39.8 Å². The van der Waals surface area contributed by atoms with Crippen LogP contribution in [0.5, 0.6) is 11.5 Å². The number of rotatable bonds is 6. The SMILES string of the molecule is COc1ccc(C(C)Nc2nc(-c3ccccn3)nc(C)c2C)c(OC)c1. The highest BCUT2D eigenvalue weighted by molar-refractivity contribution is 5.57. The Hall–Kier alpha value is -3.15. The molecule has 27 heavy (non-hydrogen) atoms. The molecule has 6 heteroatoms. The van der Waals surface area contributed by atoms with Crippen LogP contribution in [0.15, 0.2) is 42.6 Å². The first-order valence-electron chi connectivity index (χ1n) is 8.78. The van der Waals surface area contributed by atoms with Gasteiger partial charge in [0.25, 0.3) is 0 Å². The Morgan fingerprint density at radius 2 is 1.81 bits per heavy atom. The molecule has 0 aliphatic carbocycles. The lowest BCUT2D eigenvalue weighted by Gasteiger charge is -2.20. The molecule has 1 unspecified atom stereocenters.